The average molecular weight is 270 g/mol. The maximum absolute atomic E-state index is 11.0. The molecule has 0 saturated heterocycles. The number of hydrogen-bond acceptors (Lipinski definition) is 8. The third-order valence-electron chi connectivity index (χ3n) is 2.54. The second kappa shape index (κ2) is 5.73. The third-order valence-corrected chi connectivity index (χ3v) is 2.54. The molecule has 0 aliphatic rings. The molecule has 0 aliphatic heterocycles. The van der Waals surface area contributed by atoms with Crippen molar-refractivity contribution in [3.05, 3.63) is 35.0 Å². The molecule has 8 heteroatoms. The van der Waals surface area contributed by atoms with E-state index >= 15 is 0 Å². The van der Waals surface area contributed by atoms with Gasteiger partial charge in [0.1, 0.15) is 5.69 Å². The van der Waals surface area contributed by atoms with Crippen LogP contribution >= 0.6 is 0 Å². The van der Waals surface area contributed by atoms with Gasteiger partial charge in [0.15, 0.2) is 11.6 Å². The van der Waals surface area contributed by atoms with Crippen LogP contribution in [0.1, 0.15) is 5.56 Å². The summed E-state index contributed by atoms with van der Waals surface area (Å²) in [7, 11) is 1.62. The van der Waals surface area contributed by atoms with Crippen LogP contribution in [-0.4, -0.2) is 17.0 Å². The van der Waals surface area contributed by atoms with E-state index in [9.17, 15) is 5.21 Å². The summed E-state index contributed by atoms with van der Waals surface area (Å²) < 4.78 is 0. The summed E-state index contributed by atoms with van der Waals surface area (Å²) in [6.45, 7) is 0. The largest absolute Gasteiger partial charge is 0.761 e. The molecule has 20 heavy (non-hydrogen) atoms. The molecule has 5 N–H and O–H groups in total. The number of anilines is 5. The number of benzene rings is 1. The zero-order valence-electron chi connectivity index (χ0n) is 10.6. The highest BCUT2D eigenvalue weighted by molar-refractivity contribution is 5.81. The Kier molecular flexibility index (Phi) is 3.83. The Hall–Kier alpha value is -3.05. The van der Waals surface area contributed by atoms with Crippen LogP contribution in [-0.2, 0) is 0 Å². The molecule has 1 aromatic heterocycles. The Morgan fingerprint density at radius 2 is 1.85 bits per heavy atom. The molecular formula is C12H12N7O-. The van der Waals surface area contributed by atoms with Gasteiger partial charge in [-0.05, 0) is 24.3 Å². The van der Waals surface area contributed by atoms with Gasteiger partial charge in [-0.2, -0.15) is 15.2 Å². The minimum atomic E-state index is 0.0319. The highest BCUT2D eigenvalue weighted by atomic mass is 16.5. The second-order valence-electron chi connectivity index (χ2n) is 3.82. The Morgan fingerprint density at radius 3 is 2.40 bits per heavy atom. The first kappa shape index (κ1) is 13.4. The van der Waals surface area contributed by atoms with Crippen molar-refractivity contribution in [3.63, 3.8) is 0 Å². The lowest BCUT2D eigenvalue weighted by Gasteiger charge is -2.18. The Balaban J connectivity index is 2.36. The zero-order valence-corrected chi connectivity index (χ0v) is 10.6. The highest BCUT2D eigenvalue weighted by Crippen LogP contribution is 2.30. The van der Waals surface area contributed by atoms with Gasteiger partial charge in [-0.3, -0.25) is 0 Å². The predicted molar refractivity (Wildman–Crippen MR) is 77.4 cm³/mol. The normalized spacial score (nSPS) is 9.65. The Labute approximate surface area is 115 Å². The van der Waals surface area contributed by atoms with Crippen molar-refractivity contribution in [2.75, 3.05) is 28.9 Å². The summed E-state index contributed by atoms with van der Waals surface area (Å²) in [5.41, 5.74) is 8.72. The fourth-order valence-electron chi connectivity index (χ4n) is 1.61. The molecule has 102 valence electrons. The number of nitriles is 1. The van der Waals surface area contributed by atoms with Crippen LogP contribution in [0.3, 0.4) is 0 Å². The number of nitrogens with two attached hydrogens (primary N) is 1. The number of aromatic nitrogens is 2. The molecular weight excluding hydrogens is 258 g/mol. The minimum absolute atomic E-state index is 0.0319. The molecule has 0 saturated carbocycles. The van der Waals surface area contributed by atoms with Crippen LogP contribution in [0, 0.1) is 16.5 Å². The number of hydrogen-bond donors (Lipinski definition) is 4. The van der Waals surface area contributed by atoms with E-state index in [4.69, 9.17) is 11.0 Å². The lowest BCUT2D eigenvalue weighted by atomic mass is 10.2. The van der Waals surface area contributed by atoms with Gasteiger partial charge in [-0.1, -0.05) is 0 Å². The molecule has 0 atom stereocenters. The molecule has 1 aromatic carbocycles. The number of nitrogen functional groups attached to an aromatic ring is 1. The molecule has 0 spiro atoms. The smallest absolute Gasteiger partial charge is 0.224 e. The van der Waals surface area contributed by atoms with Gasteiger partial charge in [0, 0.05) is 12.7 Å². The topological polar surface area (TPSA) is 135 Å². The van der Waals surface area contributed by atoms with Crippen molar-refractivity contribution in [2.45, 2.75) is 0 Å². The molecule has 0 radical (unpaired) electrons. The van der Waals surface area contributed by atoms with Gasteiger partial charge in [0.25, 0.3) is 0 Å². The molecule has 0 fully saturated rings. The van der Waals surface area contributed by atoms with E-state index in [1.807, 2.05) is 6.07 Å². The first-order valence-electron chi connectivity index (χ1n) is 5.68. The van der Waals surface area contributed by atoms with Crippen LogP contribution in [0.4, 0.5) is 29.0 Å². The Bertz CT molecular complexity index is 648. The van der Waals surface area contributed by atoms with Crippen LogP contribution in [0.25, 0.3) is 0 Å². The van der Waals surface area contributed by atoms with E-state index in [0.717, 1.165) is 0 Å². The van der Waals surface area contributed by atoms with E-state index in [2.05, 4.69) is 20.6 Å². The quantitative estimate of drug-likeness (QED) is 0.615. The molecule has 8 nitrogen and oxygen atoms in total. The van der Waals surface area contributed by atoms with E-state index in [1.54, 1.807) is 36.8 Å². The molecule has 2 aromatic rings. The maximum Gasteiger partial charge on any atom is 0.224 e. The summed E-state index contributed by atoms with van der Waals surface area (Å²) in [5, 5.41) is 25.5. The van der Waals surface area contributed by atoms with E-state index in [1.165, 1.54) is 0 Å². The lowest BCUT2D eigenvalue weighted by Crippen LogP contribution is -2.08. The zero-order chi connectivity index (χ0) is 14.5. The minimum Gasteiger partial charge on any atom is -0.761 e. The lowest BCUT2D eigenvalue weighted by molar-refractivity contribution is 1.17. The monoisotopic (exact) mass is 270 g/mol. The van der Waals surface area contributed by atoms with Crippen LogP contribution in [0.2, 0.25) is 0 Å². The van der Waals surface area contributed by atoms with Crippen LogP contribution in [0.15, 0.2) is 24.3 Å². The average Bonchev–Trinajstić information content (AvgIpc) is 2.47. The maximum atomic E-state index is 11.0. The van der Waals surface area contributed by atoms with Gasteiger partial charge in [0.05, 0.1) is 11.6 Å². The molecule has 0 unspecified atom stereocenters. The molecule has 0 bridgehead atoms. The fourth-order valence-corrected chi connectivity index (χ4v) is 1.61. The van der Waals surface area contributed by atoms with Gasteiger partial charge in [0.2, 0.25) is 5.95 Å². The number of rotatable bonds is 4. The van der Waals surface area contributed by atoms with Crippen molar-refractivity contribution < 1.29 is 0 Å². The van der Waals surface area contributed by atoms with Crippen molar-refractivity contribution in [1.29, 1.82) is 5.26 Å². The van der Waals surface area contributed by atoms with Gasteiger partial charge in [-0.15, -0.1) is 0 Å². The third kappa shape index (κ3) is 2.68. The van der Waals surface area contributed by atoms with Gasteiger partial charge in [-0.25, -0.2) is 0 Å². The van der Waals surface area contributed by atoms with Crippen LogP contribution < -0.4 is 21.8 Å². The fraction of sp³-hybridized carbons (Fsp3) is 0.0833. The number of nitrogens with one attached hydrogen (secondary N) is 3. The van der Waals surface area contributed by atoms with Crippen LogP contribution in [0.5, 0.6) is 0 Å². The summed E-state index contributed by atoms with van der Waals surface area (Å²) >= 11 is 0. The van der Waals surface area contributed by atoms with Crippen molar-refractivity contribution in [2.24, 2.45) is 0 Å². The molecule has 2 rings (SSSR count). The standard InChI is InChI=1S/C12H12N7O/c1-15-10-9(19-20)11(18-12(14)17-10)16-8-4-2-7(6-13)3-5-8/h2-5,19H,1H3,(H4,14,15,16,17,18)/q-1. The van der Waals surface area contributed by atoms with E-state index < -0.39 is 0 Å². The van der Waals surface area contributed by atoms with Crippen molar-refractivity contribution >= 4 is 29.0 Å². The van der Waals surface area contributed by atoms with Gasteiger partial charge < -0.3 is 27.1 Å². The van der Waals surface area contributed by atoms with Crippen molar-refractivity contribution in [1.82, 2.24) is 9.97 Å². The number of nitrogens with zero attached hydrogens (tertiary/aromatic N) is 3. The highest BCUT2D eigenvalue weighted by Gasteiger charge is 2.10. The van der Waals surface area contributed by atoms with E-state index in [0.29, 0.717) is 17.1 Å². The summed E-state index contributed by atoms with van der Waals surface area (Å²) in [5.74, 6) is 0.578. The van der Waals surface area contributed by atoms with Gasteiger partial charge >= 0.3 is 0 Å². The van der Waals surface area contributed by atoms with Crippen molar-refractivity contribution in [3.8, 4) is 6.07 Å². The molecule has 1 heterocycles. The first-order chi connectivity index (χ1) is 9.67. The molecule has 0 aliphatic carbocycles. The predicted octanol–water partition coefficient (Wildman–Crippen LogP) is 1.63. The molecule has 0 amide bonds. The SMILES string of the molecule is CNc1nc(N)nc(Nc2ccc(C#N)cc2)c1N[O-]. The summed E-state index contributed by atoms with van der Waals surface area (Å²) in [6, 6.07) is 8.72. The first-order valence-corrected chi connectivity index (χ1v) is 5.68. The Morgan fingerprint density at radius 1 is 1.20 bits per heavy atom. The van der Waals surface area contributed by atoms with E-state index in [-0.39, 0.29) is 17.5 Å². The summed E-state index contributed by atoms with van der Waals surface area (Å²) in [4.78, 5) is 7.88. The second-order valence-corrected chi connectivity index (χ2v) is 3.82. The summed E-state index contributed by atoms with van der Waals surface area (Å²) in [6.07, 6.45) is 0.